The van der Waals surface area contributed by atoms with Gasteiger partial charge in [0.05, 0.1) is 6.42 Å². The number of nitrogens with one attached hydrogen (secondary N) is 2. The van der Waals surface area contributed by atoms with E-state index in [1.165, 1.54) is 6.08 Å². The minimum atomic E-state index is -3.67. The third-order valence-corrected chi connectivity index (χ3v) is 4.39. The topological polar surface area (TPSA) is 102 Å². The number of para-hydroxylation sites is 1. The molecule has 0 aliphatic rings. The van der Waals surface area contributed by atoms with Gasteiger partial charge in [0.1, 0.15) is 0 Å². The molecular weight excluding hydrogens is 368 g/mol. The molecule has 1 amide bonds. The average Bonchev–Trinajstić information content (AvgIpc) is 2.66. The number of amides is 1. The van der Waals surface area contributed by atoms with E-state index in [0.29, 0.717) is 5.69 Å². The molecule has 8 heteroatoms. The monoisotopic (exact) mass is 388 g/mol. The van der Waals surface area contributed by atoms with Crippen LogP contribution < -0.4 is 10.0 Å². The highest BCUT2D eigenvalue weighted by atomic mass is 32.2. The van der Waals surface area contributed by atoms with Crippen molar-refractivity contribution in [3.05, 3.63) is 71.6 Å². The lowest BCUT2D eigenvalue weighted by Crippen LogP contribution is -2.26. The Morgan fingerprint density at radius 2 is 1.59 bits per heavy atom. The number of ether oxygens (including phenoxy) is 1. The molecule has 0 fully saturated rings. The van der Waals surface area contributed by atoms with Crippen LogP contribution in [0.15, 0.2) is 66.1 Å². The first-order valence-electron chi connectivity index (χ1n) is 8.18. The predicted octanol–water partition coefficient (Wildman–Crippen LogP) is 2.15. The number of hydrogen-bond donors (Lipinski definition) is 2. The molecule has 0 saturated heterocycles. The number of esters is 1. The van der Waals surface area contributed by atoms with E-state index in [4.69, 9.17) is 4.74 Å². The molecule has 0 aliphatic carbocycles. The summed E-state index contributed by atoms with van der Waals surface area (Å²) < 4.78 is 30.8. The van der Waals surface area contributed by atoms with Crippen LogP contribution >= 0.6 is 0 Å². The van der Waals surface area contributed by atoms with Crippen LogP contribution in [-0.2, 0) is 24.3 Å². The smallest absolute Gasteiger partial charge is 0.307 e. The largest absolute Gasteiger partial charge is 0.456 e. The molecule has 142 valence electrons. The fraction of sp³-hybridized carbons (Fsp3) is 0.158. The second-order valence-corrected chi connectivity index (χ2v) is 7.13. The highest BCUT2D eigenvalue weighted by Gasteiger charge is 2.10. The Hall–Kier alpha value is -2.97. The molecule has 0 aliphatic heterocycles. The van der Waals surface area contributed by atoms with Crippen molar-refractivity contribution in [1.82, 2.24) is 4.72 Å². The van der Waals surface area contributed by atoms with Crippen LogP contribution in [0.4, 0.5) is 5.69 Å². The first-order chi connectivity index (χ1) is 12.9. The Labute approximate surface area is 158 Å². The van der Waals surface area contributed by atoms with Crippen molar-refractivity contribution in [2.24, 2.45) is 0 Å². The van der Waals surface area contributed by atoms with E-state index >= 15 is 0 Å². The standard InChI is InChI=1S/C19H20N2O5S/c22-18(21-17-9-5-2-6-10-17)15-26-19(23)11-13-20-27(24,25)14-12-16-7-3-1-4-8-16/h1-10,12,14,20H,11,13,15H2,(H,21,22)/b14-12+. The van der Waals surface area contributed by atoms with E-state index in [1.807, 2.05) is 12.1 Å². The molecule has 0 aromatic heterocycles. The van der Waals surface area contributed by atoms with E-state index in [0.717, 1.165) is 11.0 Å². The highest BCUT2D eigenvalue weighted by molar-refractivity contribution is 7.92. The maximum atomic E-state index is 11.8. The van der Waals surface area contributed by atoms with Gasteiger partial charge < -0.3 is 10.1 Å². The summed E-state index contributed by atoms with van der Waals surface area (Å²) in [6.45, 7) is -0.561. The van der Waals surface area contributed by atoms with Crippen LogP contribution in [0.5, 0.6) is 0 Å². The van der Waals surface area contributed by atoms with Crippen molar-refractivity contribution >= 4 is 33.7 Å². The van der Waals surface area contributed by atoms with Gasteiger partial charge in [0.25, 0.3) is 5.91 Å². The number of carbonyl (C=O) groups excluding carboxylic acids is 2. The average molecular weight is 388 g/mol. The van der Waals surface area contributed by atoms with Crippen molar-refractivity contribution in [2.75, 3.05) is 18.5 Å². The van der Waals surface area contributed by atoms with Gasteiger partial charge in [-0.05, 0) is 23.8 Å². The van der Waals surface area contributed by atoms with Crippen molar-refractivity contribution < 1.29 is 22.7 Å². The van der Waals surface area contributed by atoms with Gasteiger partial charge in [-0.3, -0.25) is 9.59 Å². The van der Waals surface area contributed by atoms with E-state index in [-0.39, 0.29) is 13.0 Å². The molecule has 0 bridgehead atoms. The maximum Gasteiger partial charge on any atom is 0.307 e. The third-order valence-electron chi connectivity index (χ3n) is 3.29. The van der Waals surface area contributed by atoms with Gasteiger partial charge in [-0.1, -0.05) is 48.5 Å². The molecule has 2 aromatic rings. The molecule has 2 aromatic carbocycles. The number of sulfonamides is 1. The van der Waals surface area contributed by atoms with E-state index in [2.05, 4.69) is 10.0 Å². The first kappa shape index (κ1) is 20.3. The third kappa shape index (κ3) is 8.30. The Bertz CT molecular complexity index is 881. The Kier molecular flexibility index (Phi) is 7.72. The summed E-state index contributed by atoms with van der Waals surface area (Å²) in [4.78, 5) is 23.3. The minimum Gasteiger partial charge on any atom is -0.456 e. The van der Waals surface area contributed by atoms with E-state index in [9.17, 15) is 18.0 Å². The molecule has 0 radical (unpaired) electrons. The van der Waals surface area contributed by atoms with Gasteiger partial charge in [-0.25, -0.2) is 13.1 Å². The first-order valence-corrected chi connectivity index (χ1v) is 9.72. The Morgan fingerprint density at radius 1 is 0.963 bits per heavy atom. The Balaban J connectivity index is 1.67. The Morgan fingerprint density at radius 3 is 2.26 bits per heavy atom. The van der Waals surface area contributed by atoms with E-state index in [1.54, 1.807) is 48.5 Å². The lowest BCUT2D eigenvalue weighted by molar-refractivity contribution is -0.147. The molecule has 7 nitrogen and oxygen atoms in total. The summed E-state index contributed by atoms with van der Waals surface area (Å²) in [5, 5.41) is 3.60. The van der Waals surface area contributed by atoms with Gasteiger partial charge in [-0.2, -0.15) is 0 Å². The molecular formula is C19H20N2O5S. The van der Waals surface area contributed by atoms with Gasteiger partial charge in [0, 0.05) is 17.6 Å². The number of benzene rings is 2. The van der Waals surface area contributed by atoms with Crippen molar-refractivity contribution in [1.29, 1.82) is 0 Å². The number of carbonyl (C=O) groups is 2. The molecule has 0 heterocycles. The van der Waals surface area contributed by atoms with Gasteiger partial charge in [0.2, 0.25) is 10.0 Å². The fourth-order valence-electron chi connectivity index (χ4n) is 2.01. The minimum absolute atomic E-state index is 0.124. The second-order valence-electron chi connectivity index (χ2n) is 5.48. The summed E-state index contributed by atoms with van der Waals surface area (Å²) in [7, 11) is -3.67. The second kappa shape index (κ2) is 10.2. The van der Waals surface area contributed by atoms with Crippen molar-refractivity contribution in [2.45, 2.75) is 6.42 Å². The van der Waals surface area contributed by atoms with Crippen LogP contribution in [0, 0.1) is 0 Å². The zero-order valence-electron chi connectivity index (χ0n) is 14.5. The molecule has 27 heavy (non-hydrogen) atoms. The van der Waals surface area contributed by atoms with Crippen LogP contribution in [0.25, 0.3) is 6.08 Å². The lowest BCUT2D eigenvalue weighted by atomic mass is 10.2. The molecule has 0 saturated carbocycles. The molecule has 2 rings (SSSR count). The molecule has 2 N–H and O–H groups in total. The zero-order chi connectivity index (χ0) is 19.5. The fourth-order valence-corrected chi connectivity index (χ4v) is 2.83. The lowest BCUT2D eigenvalue weighted by Gasteiger charge is -2.07. The SMILES string of the molecule is O=C(COC(=O)CCNS(=O)(=O)/C=C/c1ccccc1)Nc1ccccc1. The summed E-state index contributed by atoms with van der Waals surface area (Å²) in [6.07, 6.45) is 1.27. The van der Waals surface area contributed by atoms with Crippen LogP contribution in [-0.4, -0.2) is 33.4 Å². The molecule has 0 atom stereocenters. The van der Waals surface area contributed by atoms with Crippen LogP contribution in [0.2, 0.25) is 0 Å². The van der Waals surface area contributed by atoms with Gasteiger partial charge in [0.15, 0.2) is 6.61 Å². The zero-order valence-corrected chi connectivity index (χ0v) is 15.3. The predicted molar refractivity (Wildman–Crippen MR) is 103 cm³/mol. The summed E-state index contributed by atoms with van der Waals surface area (Å²) in [6, 6.07) is 17.7. The van der Waals surface area contributed by atoms with Crippen LogP contribution in [0.1, 0.15) is 12.0 Å². The van der Waals surface area contributed by atoms with Crippen LogP contribution in [0.3, 0.4) is 0 Å². The summed E-state index contributed by atoms with van der Waals surface area (Å²) in [5.74, 6) is -1.14. The van der Waals surface area contributed by atoms with Gasteiger partial charge >= 0.3 is 5.97 Å². The van der Waals surface area contributed by atoms with Gasteiger partial charge in [-0.15, -0.1) is 0 Å². The molecule has 0 spiro atoms. The number of rotatable bonds is 9. The quantitative estimate of drug-likeness (QED) is 0.641. The maximum absolute atomic E-state index is 11.8. The number of anilines is 1. The van der Waals surface area contributed by atoms with E-state index < -0.39 is 28.5 Å². The summed E-state index contributed by atoms with van der Waals surface area (Å²) in [5.41, 5.74) is 1.34. The summed E-state index contributed by atoms with van der Waals surface area (Å²) >= 11 is 0. The normalized spacial score (nSPS) is 11.3. The van der Waals surface area contributed by atoms with Crippen molar-refractivity contribution in [3.8, 4) is 0 Å². The highest BCUT2D eigenvalue weighted by Crippen LogP contribution is 2.05. The van der Waals surface area contributed by atoms with Crippen molar-refractivity contribution in [3.63, 3.8) is 0 Å². The molecule has 0 unspecified atom stereocenters. The number of hydrogen-bond acceptors (Lipinski definition) is 5.